The molecule has 0 fully saturated rings. The van der Waals surface area contributed by atoms with Gasteiger partial charge in [-0.1, -0.05) is 24.3 Å². The molecule has 1 aromatic carbocycles. The van der Waals surface area contributed by atoms with Crippen LogP contribution >= 0.6 is 11.5 Å². The van der Waals surface area contributed by atoms with E-state index < -0.39 is 5.97 Å². The lowest BCUT2D eigenvalue weighted by molar-refractivity contribution is 0.0327. The fourth-order valence-electron chi connectivity index (χ4n) is 1.91. The summed E-state index contributed by atoms with van der Waals surface area (Å²) in [5.41, 5.74) is 1.09. The van der Waals surface area contributed by atoms with E-state index in [2.05, 4.69) is 16.5 Å². The van der Waals surface area contributed by atoms with Gasteiger partial charge in [0.25, 0.3) is 0 Å². The molecule has 6 heteroatoms. The van der Waals surface area contributed by atoms with Crippen molar-refractivity contribution in [3.05, 3.63) is 35.0 Å². The standard InChI is InChI=1S/C15H17FN2O2S/c1-3-4-5-10(2)20-15(19)14-13(17-18-21-14)11-6-8-12(16)9-7-11/h6-10H,3-5H2,1-2H3/t10-/m1/s1. The van der Waals surface area contributed by atoms with Gasteiger partial charge < -0.3 is 4.74 Å². The van der Waals surface area contributed by atoms with Crippen LogP contribution in [0.2, 0.25) is 0 Å². The molecule has 21 heavy (non-hydrogen) atoms. The number of unbranched alkanes of at least 4 members (excludes halogenated alkanes) is 1. The van der Waals surface area contributed by atoms with Crippen molar-refractivity contribution in [3.8, 4) is 11.3 Å². The minimum absolute atomic E-state index is 0.138. The van der Waals surface area contributed by atoms with Crippen LogP contribution < -0.4 is 0 Å². The highest BCUT2D eigenvalue weighted by molar-refractivity contribution is 7.08. The third kappa shape index (κ3) is 4.07. The summed E-state index contributed by atoms with van der Waals surface area (Å²) < 4.78 is 22.2. The molecule has 2 aromatic rings. The summed E-state index contributed by atoms with van der Waals surface area (Å²) in [6.45, 7) is 3.97. The van der Waals surface area contributed by atoms with Gasteiger partial charge >= 0.3 is 5.97 Å². The zero-order valence-electron chi connectivity index (χ0n) is 12.0. The Morgan fingerprint density at radius 1 is 1.38 bits per heavy atom. The number of nitrogens with zero attached hydrogens (tertiary/aromatic N) is 2. The van der Waals surface area contributed by atoms with Gasteiger partial charge in [0.2, 0.25) is 0 Å². The normalized spacial score (nSPS) is 12.1. The van der Waals surface area contributed by atoms with Gasteiger partial charge in [0.05, 0.1) is 6.10 Å². The predicted octanol–water partition coefficient (Wildman–Crippen LogP) is 4.08. The van der Waals surface area contributed by atoms with Crippen LogP contribution in [0, 0.1) is 5.82 Å². The lowest BCUT2D eigenvalue weighted by Gasteiger charge is -2.12. The number of benzene rings is 1. The van der Waals surface area contributed by atoms with Gasteiger partial charge in [-0.15, -0.1) is 5.10 Å². The number of aromatic nitrogens is 2. The fourth-order valence-corrected chi connectivity index (χ4v) is 2.48. The van der Waals surface area contributed by atoms with Crippen molar-refractivity contribution in [1.82, 2.24) is 9.59 Å². The molecule has 1 atom stereocenters. The molecular formula is C15H17FN2O2S. The number of ether oxygens (including phenoxy) is 1. The summed E-state index contributed by atoms with van der Waals surface area (Å²) in [5, 5.41) is 3.95. The van der Waals surface area contributed by atoms with Gasteiger partial charge in [0.1, 0.15) is 11.5 Å². The van der Waals surface area contributed by atoms with E-state index in [-0.39, 0.29) is 11.9 Å². The average Bonchev–Trinajstić information content (AvgIpc) is 2.95. The molecule has 0 saturated heterocycles. The monoisotopic (exact) mass is 308 g/mol. The smallest absolute Gasteiger partial charge is 0.352 e. The van der Waals surface area contributed by atoms with E-state index in [1.807, 2.05) is 6.92 Å². The second kappa shape index (κ2) is 7.26. The van der Waals surface area contributed by atoms with Crippen molar-refractivity contribution in [2.45, 2.75) is 39.2 Å². The van der Waals surface area contributed by atoms with E-state index >= 15 is 0 Å². The first kappa shape index (κ1) is 15.6. The topological polar surface area (TPSA) is 52.1 Å². The van der Waals surface area contributed by atoms with Crippen molar-refractivity contribution in [2.75, 3.05) is 0 Å². The molecular weight excluding hydrogens is 291 g/mol. The Morgan fingerprint density at radius 2 is 2.10 bits per heavy atom. The first-order chi connectivity index (χ1) is 10.1. The first-order valence-corrected chi connectivity index (χ1v) is 7.68. The number of rotatable bonds is 6. The third-order valence-corrected chi connectivity index (χ3v) is 3.77. The summed E-state index contributed by atoms with van der Waals surface area (Å²) >= 11 is 0.993. The average molecular weight is 308 g/mol. The first-order valence-electron chi connectivity index (χ1n) is 6.91. The second-order valence-electron chi connectivity index (χ2n) is 4.82. The van der Waals surface area contributed by atoms with Crippen molar-refractivity contribution < 1.29 is 13.9 Å². The molecule has 0 aliphatic carbocycles. The third-order valence-electron chi connectivity index (χ3n) is 3.06. The van der Waals surface area contributed by atoms with E-state index in [9.17, 15) is 9.18 Å². The summed E-state index contributed by atoms with van der Waals surface area (Å²) in [6, 6.07) is 5.80. The van der Waals surface area contributed by atoms with Crippen LogP contribution in [-0.4, -0.2) is 21.7 Å². The highest BCUT2D eigenvalue weighted by Crippen LogP contribution is 2.25. The Kier molecular flexibility index (Phi) is 5.38. The van der Waals surface area contributed by atoms with Gasteiger partial charge in [0, 0.05) is 5.56 Å². The van der Waals surface area contributed by atoms with E-state index in [4.69, 9.17) is 4.74 Å². The summed E-state index contributed by atoms with van der Waals surface area (Å²) in [7, 11) is 0. The van der Waals surface area contributed by atoms with E-state index in [0.717, 1.165) is 30.8 Å². The molecule has 2 rings (SSSR count). The van der Waals surface area contributed by atoms with Crippen molar-refractivity contribution in [1.29, 1.82) is 0 Å². The molecule has 0 N–H and O–H groups in total. The number of carbonyl (C=O) groups excluding carboxylic acids is 1. The van der Waals surface area contributed by atoms with Gasteiger partial charge in [-0.2, -0.15) is 0 Å². The molecule has 0 spiro atoms. The molecule has 1 aromatic heterocycles. The molecule has 0 bridgehead atoms. The van der Waals surface area contributed by atoms with Crippen LogP contribution in [0.3, 0.4) is 0 Å². The molecule has 0 unspecified atom stereocenters. The molecule has 0 amide bonds. The zero-order valence-corrected chi connectivity index (χ0v) is 12.8. The predicted molar refractivity (Wildman–Crippen MR) is 79.7 cm³/mol. The number of hydrogen-bond donors (Lipinski definition) is 0. The van der Waals surface area contributed by atoms with Crippen molar-refractivity contribution in [2.24, 2.45) is 0 Å². The van der Waals surface area contributed by atoms with Crippen LogP contribution in [0.1, 0.15) is 42.8 Å². The van der Waals surface area contributed by atoms with Crippen LogP contribution in [0.15, 0.2) is 24.3 Å². The summed E-state index contributed by atoms with van der Waals surface area (Å²) in [4.78, 5) is 12.5. The van der Waals surface area contributed by atoms with Crippen LogP contribution in [0.5, 0.6) is 0 Å². The van der Waals surface area contributed by atoms with Gasteiger partial charge in [-0.3, -0.25) is 0 Å². The lowest BCUT2D eigenvalue weighted by Crippen LogP contribution is -2.14. The molecule has 4 nitrogen and oxygen atoms in total. The Balaban J connectivity index is 2.12. The van der Waals surface area contributed by atoms with Gasteiger partial charge in [-0.25, -0.2) is 9.18 Å². The molecule has 0 aliphatic heterocycles. The van der Waals surface area contributed by atoms with E-state index in [1.165, 1.54) is 12.1 Å². The van der Waals surface area contributed by atoms with Crippen molar-refractivity contribution >= 4 is 17.5 Å². The van der Waals surface area contributed by atoms with Crippen LogP contribution in [0.4, 0.5) is 4.39 Å². The zero-order chi connectivity index (χ0) is 15.2. The Morgan fingerprint density at radius 3 is 2.76 bits per heavy atom. The van der Waals surface area contributed by atoms with Crippen molar-refractivity contribution in [3.63, 3.8) is 0 Å². The van der Waals surface area contributed by atoms with E-state index in [0.29, 0.717) is 16.1 Å². The Labute approximate surface area is 127 Å². The maximum absolute atomic E-state index is 13.0. The molecule has 112 valence electrons. The SMILES string of the molecule is CCCC[C@@H](C)OC(=O)c1snnc1-c1ccc(F)cc1. The highest BCUT2D eigenvalue weighted by Gasteiger charge is 2.21. The van der Waals surface area contributed by atoms with Crippen LogP contribution in [0.25, 0.3) is 11.3 Å². The Hall–Kier alpha value is -1.82. The van der Waals surface area contributed by atoms with Crippen LogP contribution in [-0.2, 0) is 4.74 Å². The summed E-state index contributed by atoms with van der Waals surface area (Å²) in [5.74, 6) is -0.757. The molecule has 0 saturated carbocycles. The quantitative estimate of drug-likeness (QED) is 0.755. The highest BCUT2D eigenvalue weighted by atomic mass is 32.1. The number of halogens is 1. The Bertz CT molecular complexity index is 598. The minimum Gasteiger partial charge on any atom is -0.458 e. The number of carbonyl (C=O) groups is 1. The minimum atomic E-state index is -0.423. The maximum Gasteiger partial charge on any atom is 0.352 e. The lowest BCUT2D eigenvalue weighted by atomic mass is 10.1. The van der Waals surface area contributed by atoms with Gasteiger partial charge in [-0.05, 0) is 49.1 Å². The molecule has 0 aliphatic rings. The molecule has 1 heterocycles. The largest absolute Gasteiger partial charge is 0.458 e. The fraction of sp³-hybridized carbons (Fsp3) is 0.400. The summed E-state index contributed by atoms with van der Waals surface area (Å²) in [6.07, 6.45) is 2.77. The van der Waals surface area contributed by atoms with Gasteiger partial charge in [0.15, 0.2) is 4.88 Å². The maximum atomic E-state index is 13.0. The van der Waals surface area contributed by atoms with E-state index in [1.54, 1.807) is 12.1 Å². The number of hydrogen-bond acceptors (Lipinski definition) is 5. The second-order valence-corrected chi connectivity index (χ2v) is 5.57. The molecule has 0 radical (unpaired) electrons. The number of esters is 1.